The highest BCUT2D eigenvalue weighted by atomic mass is 19.1. The van der Waals surface area contributed by atoms with Gasteiger partial charge in [-0.3, -0.25) is 4.39 Å². The monoisotopic (exact) mass is 151 g/mol. The number of aryl methyl sites for hydroxylation is 1. The Bertz CT molecular complexity index is 218. The Labute approximate surface area is 67.1 Å². The number of benzene rings is 1. The minimum absolute atomic E-state index is 0.242. The van der Waals surface area contributed by atoms with Crippen molar-refractivity contribution in [3.05, 3.63) is 42.3 Å². The van der Waals surface area contributed by atoms with Crippen LogP contribution in [0.2, 0.25) is 0 Å². The van der Waals surface area contributed by atoms with Crippen molar-refractivity contribution in [1.29, 1.82) is 0 Å². The molecule has 1 radical (unpaired) electrons. The van der Waals surface area contributed by atoms with Crippen LogP contribution in [0.3, 0.4) is 0 Å². The van der Waals surface area contributed by atoms with Crippen molar-refractivity contribution in [3.63, 3.8) is 0 Å². The molecule has 59 valence electrons. The molecule has 1 heteroatoms. The molecule has 0 aliphatic rings. The fraction of sp³-hybridized carbons (Fsp3) is 0.300. The van der Waals surface area contributed by atoms with Gasteiger partial charge in [-0.05, 0) is 30.9 Å². The molecular formula is C10H12F. The van der Waals surface area contributed by atoms with Crippen molar-refractivity contribution >= 4 is 0 Å². The average molecular weight is 151 g/mol. The van der Waals surface area contributed by atoms with Gasteiger partial charge in [0.25, 0.3) is 0 Å². The Morgan fingerprint density at radius 1 is 1.27 bits per heavy atom. The van der Waals surface area contributed by atoms with Gasteiger partial charge in [0.05, 0.1) is 6.67 Å². The van der Waals surface area contributed by atoms with Gasteiger partial charge < -0.3 is 0 Å². The molecule has 0 heterocycles. The molecule has 0 nitrogen and oxygen atoms in total. The van der Waals surface area contributed by atoms with E-state index in [1.54, 1.807) is 0 Å². The van der Waals surface area contributed by atoms with Gasteiger partial charge >= 0.3 is 0 Å². The number of rotatable bonds is 3. The highest BCUT2D eigenvalue weighted by Crippen LogP contribution is 2.08. The highest BCUT2D eigenvalue weighted by Gasteiger charge is 1.95. The van der Waals surface area contributed by atoms with Crippen LogP contribution in [-0.2, 0) is 6.42 Å². The van der Waals surface area contributed by atoms with Crippen molar-refractivity contribution in [2.45, 2.75) is 12.8 Å². The SMILES string of the molecule is [CH2]c1ccccc1CCCF. The molecule has 0 aromatic heterocycles. The van der Waals surface area contributed by atoms with Crippen LogP contribution in [0.1, 0.15) is 17.5 Å². The number of hydrogen-bond donors (Lipinski definition) is 0. The summed E-state index contributed by atoms with van der Waals surface area (Å²) in [6, 6.07) is 7.86. The van der Waals surface area contributed by atoms with E-state index < -0.39 is 0 Å². The molecule has 0 aliphatic heterocycles. The second-order valence-corrected chi connectivity index (χ2v) is 2.56. The lowest BCUT2D eigenvalue weighted by Crippen LogP contribution is -1.89. The van der Waals surface area contributed by atoms with E-state index in [2.05, 4.69) is 6.92 Å². The summed E-state index contributed by atoms with van der Waals surface area (Å²) in [5.41, 5.74) is 2.17. The van der Waals surface area contributed by atoms with Gasteiger partial charge in [0.15, 0.2) is 0 Å². The minimum atomic E-state index is -0.242. The van der Waals surface area contributed by atoms with Gasteiger partial charge in [0, 0.05) is 0 Å². The van der Waals surface area contributed by atoms with Gasteiger partial charge in [0.1, 0.15) is 0 Å². The van der Waals surface area contributed by atoms with Crippen LogP contribution < -0.4 is 0 Å². The Morgan fingerprint density at radius 3 is 2.64 bits per heavy atom. The Balaban J connectivity index is 2.62. The van der Waals surface area contributed by atoms with Gasteiger partial charge in [-0.1, -0.05) is 24.3 Å². The summed E-state index contributed by atoms with van der Waals surface area (Å²) in [5.74, 6) is 0. The first kappa shape index (κ1) is 8.25. The van der Waals surface area contributed by atoms with Crippen molar-refractivity contribution in [2.75, 3.05) is 6.67 Å². The standard InChI is InChI=1S/C10H12F/c1-9-5-2-3-6-10(9)7-4-8-11/h2-3,5-6H,1,4,7-8H2. The molecule has 0 N–H and O–H groups in total. The second kappa shape index (κ2) is 4.12. The number of halogens is 1. The predicted octanol–water partition coefficient (Wildman–Crippen LogP) is 2.77. The summed E-state index contributed by atoms with van der Waals surface area (Å²) in [4.78, 5) is 0. The molecular weight excluding hydrogens is 139 g/mol. The largest absolute Gasteiger partial charge is 0.251 e. The zero-order chi connectivity index (χ0) is 8.10. The molecule has 0 bridgehead atoms. The number of alkyl halides is 1. The fourth-order valence-corrected chi connectivity index (χ4v) is 1.06. The maximum atomic E-state index is 11.8. The van der Waals surface area contributed by atoms with Crippen LogP contribution >= 0.6 is 0 Å². The van der Waals surface area contributed by atoms with Crippen LogP contribution in [0.5, 0.6) is 0 Å². The lowest BCUT2D eigenvalue weighted by atomic mass is 10.0. The van der Waals surface area contributed by atoms with E-state index >= 15 is 0 Å². The third kappa shape index (κ3) is 2.34. The lowest BCUT2D eigenvalue weighted by Gasteiger charge is -2.01. The molecule has 1 aromatic carbocycles. The maximum absolute atomic E-state index is 11.8. The van der Waals surface area contributed by atoms with E-state index in [1.165, 1.54) is 0 Å². The van der Waals surface area contributed by atoms with Crippen LogP contribution in [0.25, 0.3) is 0 Å². The van der Waals surface area contributed by atoms with Crippen molar-refractivity contribution in [2.24, 2.45) is 0 Å². The molecule has 0 amide bonds. The van der Waals surface area contributed by atoms with Gasteiger partial charge in [0.2, 0.25) is 0 Å². The minimum Gasteiger partial charge on any atom is -0.251 e. The van der Waals surface area contributed by atoms with Crippen molar-refractivity contribution in [3.8, 4) is 0 Å². The van der Waals surface area contributed by atoms with Crippen molar-refractivity contribution in [1.82, 2.24) is 0 Å². The quantitative estimate of drug-likeness (QED) is 0.623. The summed E-state index contributed by atoms with van der Waals surface area (Å²) in [5, 5.41) is 0. The molecule has 1 aromatic rings. The van der Waals surface area contributed by atoms with E-state index in [4.69, 9.17) is 0 Å². The Kier molecular flexibility index (Phi) is 3.09. The fourth-order valence-electron chi connectivity index (χ4n) is 1.06. The number of hydrogen-bond acceptors (Lipinski definition) is 0. The average Bonchev–Trinajstić information content (AvgIpc) is 2.03. The van der Waals surface area contributed by atoms with E-state index in [9.17, 15) is 4.39 Å². The predicted molar refractivity (Wildman–Crippen MR) is 45.2 cm³/mol. The van der Waals surface area contributed by atoms with Crippen LogP contribution in [0.15, 0.2) is 24.3 Å². The van der Waals surface area contributed by atoms with Gasteiger partial charge in [-0.2, -0.15) is 0 Å². The first-order valence-corrected chi connectivity index (χ1v) is 3.80. The summed E-state index contributed by atoms with van der Waals surface area (Å²) in [6.07, 6.45) is 1.41. The molecule has 1 rings (SSSR count). The van der Waals surface area contributed by atoms with Crippen molar-refractivity contribution < 1.29 is 4.39 Å². The highest BCUT2D eigenvalue weighted by molar-refractivity contribution is 5.29. The van der Waals surface area contributed by atoms with Gasteiger partial charge in [-0.25, -0.2) is 0 Å². The Morgan fingerprint density at radius 2 is 2.00 bits per heavy atom. The molecule has 0 unspecified atom stereocenters. The zero-order valence-corrected chi connectivity index (χ0v) is 6.52. The van der Waals surface area contributed by atoms with Crippen LogP contribution in [0, 0.1) is 6.92 Å². The van der Waals surface area contributed by atoms with E-state index in [1.807, 2.05) is 24.3 Å². The Hall–Kier alpha value is -0.850. The maximum Gasteiger partial charge on any atom is 0.0897 e. The summed E-state index contributed by atoms with van der Waals surface area (Å²) in [7, 11) is 0. The van der Waals surface area contributed by atoms with Crippen LogP contribution in [-0.4, -0.2) is 6.67 Å². The van der Waals surface area contributed by atoms with E-state index in [0.717, 1.165) is 17.5 Å². The molecule has 0 saturated carbocycles. The topological polar surface area (TPSA) is 0 Å². The lowest BCUT2D eigenvalue weighted by molar-refractivity contribution is 0.473. The second-order valence-electron chi connectivity index (χ2n) is 2.56. The normalized spacial score (nSPS) is 10.0. The molecule has 11 heavy (non-hydrogen) atoms. The first-order valence-electron chi connectivity index (χ1n) is 3.80. The zero-order valence-electron chi connectivity index (χ0n) is 6.52. The third-order valence-corrected chi connectivity index (χ3v) is 1.70. The first-order chi connectivity index (χ1) is 5.34. The molecule has 0 fully saturated rings. The summed E-state index contributed by atoms with van der Waals surface area (Å²) in [6.45, 7) is 3.61. The molecule has 0 spiro atoms. The third-order valence-electron chi connectivity index (χ3n) is 1.70. The van der Waals surface area contributed by atoms with E-state index in [0.29, 0.717) is 6.42 Å². The van der Waals surface area contributed by atoms with E-state index in [-0.39, 0.29) is 6.67 Å². The smallest absolute Gasteiger partial charge is 0.0897 e. The van der Waals surface area contributed by atoms with Gasteiger partial charge in [-0.15, -0.1) is 0 Å². The summed E-state index contributed by atoms with van der Waals surface area (Å²) < 4.78 is 11.8. The molecule has 0 atom stereocenters. The summed E-state index contributed by atoms with van der Waals surface area (Å²) >= 11 is 0. The molecule has 0 aliphatic carbocycles. The van der Waals surface area contributed by atoms with Crippen LogP contribution in [0.4, 0.5) is 4.39 Å². The molecule has 0 saturated heterocycles.